The van der Waals surface area contributed by atoms with E-state index in [2.05, 4.69) is 29.4 Å². The summed E-state index contributed by atoms with van der Waals surface area (Å²) in [5, 5.41) is 0. The van der Waals surface area contributed by atoms with Crippen LogP contribution in [0.5, 0.6) is 0 Å². The molecular weight excluding hydrogens is 376 g/mol. The summed E-state index contributed by atoms with van der Waals surface area (Å²) < 4.78 is 7.51. The fourth-order valence-corrected chi connectivity index (χ4v) is 3.91. The Morgan fingerprint density at radius 3 is 2.75 bits per heavy atom. The van der Waals surface area contributed by atoms with Crippen LogP contribution < -0.4 is 10.6 Å². The zero-order chi connectivity index (χ0) is 18.9. The van der Waals surface area contributed by atoms with E-state index in [1.807, 2.05) is 30.5 Å². The summed E-state index contributed by atoms with van der Waals surface area (Å²) in [7, 11) is 0. The zero-order valence-corrected chi connectivity index (χ0v) is 15.8. The maximum atomic E-state index is 5.99. The van der Waals surface area contributed by atoms with Gasteiger partial charge in [0.2, 0.25) is 11.9 Å². The van der Waals surface area contributed by atoms with Gasteiger partial charge >= 0.3 is 0 Å². The number of thiazole rings is 1. The number of para-hydroxylation sites is 2. The Morgan fingerprint density at radius 1 is 1.07 bits per heavy atom. The van der Waals surface area contributed by atoms with E-state index in [-0.39, 0.29) is 5.95 Å². The smallest absolute Gasteiger partial charge is 0.230 e. The summed E-state index contributed by atoms with van der Waals surface area (Å²) >= 11 is 1.55. The number of hydrogen-bond acceptors (Lipinski definition) is 9. The van der Waals surface area contributed by atoms with Crippen molar-refractivity contribution in [2.24, 2.45) is 0 Å². The van der Waals surface area contributed by atoms with Gasteiger partial charge in [0.15, 0.2) is 11.6 Å². The molecule has 0 bridgehead atoms. The number of rotatable bonds is 4. The average Bonchev–Trinajstić information content (AvgIpc) is 3.37. The van der Waals surface area contributed by atoms with Gasteiger partial charge in [-0.05, 0) is 12.1 Å². The van der Waals surface area contributed by atoms with Crippen molar-refractivity contribution >= 4 is 34.3 Å². The van der Waals surface area contributed by atoms with Crippen LogP contribution in [0.25, 0.3) is 21.7 Å². The Kier molecular flexibility index (Phi) is 4.34. The van der Waals surface area contributed by atoms with Crippen molar-refractivity contribution < 1.29 is 4.74 Å². The molecular formula is C18H18N8OS. The molecule has 0 amide bonds. The maximum absolute atomic E-state index is 5.99. The number of imidazole rings is 1. The SMILES string of the molecule is Nc1nc(Cn2c(-c3cncs3)nc3ccccc32)nc(N2CCOCC2)n1. The molecule has 0 atom stereocenters. The minimum Gasteiger partial charge on any atom is -0.378 e. The molecule has 0 aliphatic carbocycles. The van der Waals surface area contributed by atoms with Gasteiger partial charge in [0.1, 0.15) is 0 Å². The predicted molar refractivity (Wildman–Crippen MR) is 107 cm³/mol. The number of nitrogen functional groups attached to an aromatic ring is 1. The number of fused-ring (bicyclic) bond motifs is 1. The minimum absolute atomic E-state index is 0.218. The van der Waals surface area contributed by atoms with Crippen molar-refractivity contribution in [1.82, 2.24) is 29.5 Å². The Labute approximate surface area is 164 Å². The van der Waals surface area contributed by atoms with Crippen LogP contribution in [-0.2, 0) is 11.3 Å². The van der Waals surface area contributed by atoms with E-state index in [4.69, 9.17) is 15.5 Å². The summed E-state index contributed by atoms with van der Waals surface area (Å²) in [5.41, 5.74) is 9.72. The standard InChI is InChI=1S/C18H18N8OS/c19-17-22-15(23-18(24-17)25-5-7-27-8-6-25)10-26-13-4-2-1-3-12(13)21-16(26)14-9-20-11-28-14/h1-4,9,11H,5-8,10H2,(H2,19,22,23,24). The van der Waals surface area contributed by atoms with Crippen LogP contribution in [0.1, 0.15) is 5.82 Å². The number of morpholine rings is 1. The number of ether oxygens (including phenoxy) is 1. The summed E-state index contributed by atoms with van der Waals surface area (Å²) in [6, 6.07) is 8.02. The van der Waals surface area contributed by atoms with Gasteiger partial charge in [0.05, 0.1) is 41.2 Å². The van der Waals surface area contributed by atoms with Crippen molar-refractivity contribution in [3.63, 3.8) is 0 Å². The van der Waals surface area contributed by atoms with Crippen LogP contribution in [-0.4, -0.2) is 55.8 Å². The van der Waals surface area contributed by atoms with Gasteiger partial charge in [-0.2, -0.15) is 15.0 Å². The highest BCUT2D eigenvalue weighted by molar-refractivity contribution is 7.13. The van der Waals surface area contributed by atoms with Crippen molar-refractivity contribution in [2.45, 2.75) is 6.54 Å². The molecule has 5 rings (SSSR count). The Hall–Kier alpha value is -3.11. The lowest BCUT2D eigenvalue weighted by Gasteiger charge is -2.26. The number of anilines is 2. The van der Waals surface area contributed by atoms with Gasteiger partial charge in [0, 0.05) is 19.3 Å². The molecule has 9 nitrogen and oxygen atoms in total. The molecule has 28 heavy (non-hydrogen) atoms. The summed E-state index contributed by atoms with van der Waals surface area (Å²) in [6.07, 6.45) is 1.82. The molecule has 1 aromatic carbocycles. The predicted octanol–water partition coefficient (Wildman–Crippen LogP) is 1.81. The summed E-state index contributed by atoms with van der Waals surface area (Å²) in [6.45, 7) is 3.23. The van der Waals surface area contributed by atoms with E-state index < -0.39 is 0 Å². The topological polar surface area (TPSA) is 108 Å². The third-order valence-electron chi connectivity index (χ3n) is 4.59. The van der Waals surface area contributed by atoms with Crippen LogP contribution >= 0.6 is 11.3 Å². The lowest BCUT2D eigenvalue weighted by Crippen LogP contribution is -2.37. The second-order valence-electron chi connectivity index (χ2n) is 6.39. The van der Waals surface area contributed by atoms with Gasteiger partial charge in [0.25, 0.3) is 0 Å². The molecule has 10 heteroatoms. The molecule has 1 aliphatic rings. The number of nitrogens with two attached hydrogens (primary N) is 1. The molecule has 1 aliphatic heterocycles. The van der Waals surface area contributed by atoms with E-state index in [0.717, 1.165) is 34.8 Å². The van der Waals surface area contributed by atoms with E-state index in [1.165, 1.54) is 0 Å². The fourth-order valence-electron chi connectivity index (χ4n) is 3.29. The zero-order valence-electron chi connectivity index (χ0n) is 15.0. The number of hydrogen-bond donors (Lipinski definition) is 1. The Bertz CT molecular complexity index is 1100. The Morgan fingerprint density at radius 2 is 1.93 bits per heavy atom. The van der Waals surface area contributed by atoms with Gasteiger partial charge in [-0.25, -0.2) is 4.98 Å². The normalized spacial score (nSPS) is 14.6. The Balaban J connectivity index is 1.57. The van der Waals surface area contributed by atoms with E-state index in [9.17, 15) is 0 Å². The quantitative estimate of drug-likeness (QED) is 0.558. The summed E-state index contributed by atoms with van der Waals surface area (Å²) in [5.74, 6) is 2.25. The van der Waals surface area contributed by atoms with Gasteiger partial charge in [-0.15, -0.1) is 11.3 Å². The van der Waals surface area contributed by atoms with Crippen molar-refractivity contribution in [1.29, 1.82) is 0 Å². The van der Waals surface area contributed by atoms with Crippen molar-refractivity contribution in [3.05, 3.63) is 41.8 Å². The highest BCUT2D eigenvalue weighted by Gasteiger charge is 2.18. The highest BCUT2D eigenvalue weighted by Crippen LogP contribution is 2.28. The number of benzene rings is 1. The fraction of sp³-hybridized carbons (Fsp3) is 0.278. The van der Waals surface area contributed by atoms with Crippen LogP contribution in [0.15, 0.2) is 36.0 Å². The number of aromatic nitrogens is 6. The maximum Gasteiger partial charge on any atom is 0.230 e. The molecule has 4 heterocycles. The molecule has 0 unspecified atom stereocenters. The molecule has 0 radical (unpaired) electrons. The molecule has 1 fully saturated rings. The second-order valence-corrected chi connectivity index (χ2v) is 7.27. The summed E-state index contributed by atoms with van der Waals surface area (Å²) in [4.78, 5) is 25.4. The van der Waals surface area contributed by atoms with Crippen LogP contribution in [0.4, 0.5) is 11.9 Å². The minimum atomic E-state index is 0.218. The first-order valence-corrected chi connectivity index (χ1v) is 9.83. The monoisotopic (exact) mass is 394 g/mol. The lowest BCUT2D eigenvalue weighted by atomic mass is 10.3. The third kappa shape index (κ3) is 3.16. The van der Waals surface area contributed by atoms with Crippen molar-refractivity contribution in [3.8, 4) is 10.7 Å². The van der Waals surface area contributed by atoms with Gasteiger partial charge in [-0.1, -0.05) is 12.1 Å². The van der Waals surface area contributed by atoms with Gasteiger partial charge < -0.3 is 19.9 Å². The first-order valence-electron chi connectivity index (χ1n) is 8.95. The molecule has 2 N–H and O–H groups in total. The van der Waals surface area contributed by atoms with Crippen molar-refractivity contribution in [2.75, 3.05) is 36.9 Å². The number of nitrogens with zero attached hydrogens (tertiary/aromatic N) is 7. The third-order valence-corrected chi connectivity index (χ3v) is 5.36. The van der Waals surface area contributed by atoms with E-state index in [1.54, 1.807) is 16.8 Å². The highest BCUT2D eigenvalue weighted by atomic mass is 32.1. The molecule has 0 spiro atoms. The van der Waals surface area contributed by atoms with Crippen LogP contribution in [0.2, 0.25) is 0 Å². The van der Waals surface area contributed by atoms with E-state index >= 15 is 0 Å². The van der Waals surface area contributed by atoms with Crippen LogP contribution in [0.3, 0.4) is 0 Å². The molecule has 4 aromatic rings. The molecule has 3 aromatic heterocycles. The van der Waals surface area contributed by atoms with Gasteiger partial charge in [-0.3, -0.25) is 4.98 Å². The average molecular weight is 394 g/mol. The van der Waals surface area contributed by atoms with Crippen LogP contribution in [0, 0.1) is 0 Å². The lowest BCUT2D eigenvalue weighted by molar-refractivity contribution is 0.122. The largest absolute Gasteiger partial charge is 0.378 e. The second kappa shape index (κ2) is 7.13. The first kappa shape index (κ1) is 17.0. The molecule has 0 saturated carbocycles. The molecule has 142 valence electrons. The molecule has 1 saturated heterocycles. The first-order chi connectivity index (χ1) is 13.8. The van der Waals surface area contributed by atoms with E-state index in [0.29, 0.717) is 31.5 Å².